The van der Waals surface area contributed by atoms with Gasteiger partial charge in [-0.1, -0.05) is 26.7 Å². The molecule has 1 spiro atoms. The summed E-state index contributed by atoms with van der Waals surface area (Å²) in [5.41, 5.74) is 2.21. The van der Waals surface area contributed by atoms with Crippen molar-refractivity contribution in [1.29, 1.82) is 5.26 Å². The third-order valence-corrected chi connectivity index (χ3v) is 8.51. The number of nitrogens with one attached hydrogen (secondary N) is 2. The van der Waals surface area contributed by atoms with Gasteiger partial charge in [-0.05, 0) is 75.4 Å². The van der Waals surface area contributed by atoms with Crippen LogP contribution in [0, 0.1) is 22.7 Å². The molecule has 0 bridgehead atoms. The fraction of sp³-hybridized carbons (Fsp3) is 0.600. The number of benzene rings is 1. The number of ketones is 1. The maximum Gasteiger partial charge on any atom is 0.224 e. The van der Waals surface area contributed by atoms with Gasteiger partial charge in [0.2, 0.25) is 5.91 Å². The molecule has 1 saturated heterocycles. The van der Waals surface area contributed by atoms with Crippen molar-refractivity contribution < 1.29 is 14.3 Å². The minimum Gasteiger partial charge on any atom is -0.496 e. The SMILES string of the molecule is CCC(=O)CCCCC[C@H](NC(=O)[C@H]1CC12CCN(CC)CC2)c1ncc(-c2cc(C#N)ccc2OC)[nH]1. The summed E-state index contributed by atoms with van der Waals surface area (Å²) >= 11 is 0. The summed E-state index contributed by atoms with van der Waals surface area (Å²) in [7, 11) is 1.60. The number of amides is 1. The number of aromatic amines is 1. The molecule has 2 atom stereocenters. The highest BCUT2D eigenvalue weighted by Gasteiger charge is 2.58. The van der Waals surface area contributed by atoms with Crippen LogP contribution in [0.25, 0.3) is 11.3 Å². The predicted molar refractivity (Wildman–Crippen MR) is 146 cm³/mol. The van der Waals surface area contributed by atoms with Gasteiger partial charge in [-0.25, -0.2) is 4.98 Å². The first-order valence-electron chi connectivity index (χ1n) is 14.1. The fourth-order valence-corrected chi connectivity index (χ4v) is 5.80. The average Bonchev–Trinajstić information content (AvgIpc) is 3.42. The molecule has 0 unspecified atom stereocenters. The normalized spacial score (nSPS) is 19.1. The molecule has 1 saturated carbocycles. The smallest absolute Gasteiger partial charge is 0.224 e. The van der Waals surface area contributed by atoms with Crippen molar-refractivity contribution >= 4 is 11.7 Å². The van der Waals surface area contributed by atoms with Crippen LogP contribution in [-0.2, 0) is 9.59 Å². The molecule has 1 aliphatic heterocycles. The summed E-state index contributed by atoms with van der Waals surface area (Å²) in [6, 6.07) is 7.22. The molecule has 0 radical (unpaired) electrons. The molecule has 1 amide bonds. The van der Waals surface area contributed by atoms with E-state index in [9.17, 15) is 14.9 Å². The number of carbonyl (C=O) groups is 2. The molecular formula is C30H41N5O3. The van der Waals surface area contributed by atoms with Gasteiger partial charge in [0.1, 0.15) is 17.4 Å². The number of methoxy groups -OCH3 is 1. The van der Waals surface area contributed by atoms with Gasteiger partial charge in [0.15, 0.2) is 0 Å². The maximum atomic E-state index is 13.4. The second-order valence-electron chi connectivity index (χ2n) is 10.8. The first-order chi connectivity index (χ1) is 18.4. The number of rotatable bonds is 13. The highest BCUT2D eigenvalue weighted by Crippen LogP contribution is 2.59. The van der Waals surface area contributed by atoms with Gasteiger partial charge in [0.05, 0.1) is 36.7 Å². The summed E-state index contributed by atoms with van der Waals surface area (Å²) in [5.74, 6) is 1.86. The van der Waals surface area contributed by atoms with Crippen LogP contribution in [0.4, 0.5) is 0 Å². The summed E-state index contributed by atoms with van der Waals surface area (Å²) < 4.78 is 5.52. The fourth-order valence-electron chi connectivity index (χ4n) is 5.80. The number of unbranched alkanes of at least 4 members (excludes halogenated alkanes) is 2. The summed E-state index contributed by atoms with van der Waals surface area (Å²) in [6.45, 7) is 7.32. The van der Waals surface area contributed by atoms with Crippen molar-refractivity contribution in [2.45, 2.75) is 77.7 Å². The third kappa shape index (κ3) is 6.44. The predicted octanol–water partition coefficient (Wildman–Crippen LogP) is 5.17. The van der Waals surface area contributed by atoms with Crippen molar-refractivity contribution in [2.75, 3.05) is 26.7 Å². The molecule has 1 aromatic carbocycles. The Hall–Kier alpha value is -3.18. The Morgan fingerprint density at radius 2 is 2.05 bits per heavy atom. The highest BCUT2D eigenvalue weighted by molar-refractivity contribution is 5.83. The third-order valence-electron chi connectivity index (χ3n) is 8.51. The molecular weight excluding hydrogens is 478 g/mol. The van der Waals surface area contributed by atoms with Crippen molar-refractivity contribution in [3.63, 3.8) is 0 Å². The van der Waals surface area contributed by atoms with Crippen LogP contribution >= 0.6 is 0 Å². The lowest BCUT2D eigenvalue weighted by molar-refractivity contribution is -0.124. The summed E-state index contributed by atoms with van der Waals surface area (Å²) in [4.78, 5) is 35.6. The minimum absolute atomic E-state index is 0.0769. The number of carbonyl (C=O) groups excluding carboxylic acids is 2. The lowest BCUT2D eigenvalue weighted by atomic mass is 9.90. The molecule has 8 heteroatoms. The molecule has 4 rings (SSSR count). The standard InChI is InChI=1S/C30H41N5O3/c1-4-22(36)9-7-6-8-10-25(34-29(37)24-18-30(24)13-15-35(5-2)16-14-30)28-32-20-26(33-28)23-17-21(19-31)11-12-27(23)38-3/h11-12,17,20,24-25H,4-10,13-16,18H2,1-3H3,(H,32,33)(H,34,37)/t24-,25+/m1/s1. The first kappa shape index (κ1) is 27.8. The van der Waals surface area contributed by atoms with E-state index in [0.29, 0.717) is 35.8 Å². The van der Waals surface area contributed by atoms with Gasteiger partial charge in [-0.2, -0.15) is 5.26 Å². The quantitative estimate of drug-likeness (QED) is 0.353. The van der Waals surface area contributed by atoms with E-state index in [4.69, 9.17) is 4.74 Å². The van der Waals surface area contributed by atoms with Crippen molar-refractivity contribution in [2.24, 2.45) is 11.3 Å². The topological polar surface area (TPSA) is 111 Å². The van der Waals surface area contributed by atoms with Crippen LogP contribution in [0.5, 0.6) is 5.75 Å². The van der Waals surface area contributed by atoms with E-state index in [1.807, 2.05) is 6.92 Å². The second-order valence-corrected chi connectivity index (χ2v) is 10.8. The Morgan fingerprint density at radius 3 is 2.74 bits per heavy atom. The molecule has 204 valence electrons. The van der Waals surface area contributed by atoms with E-state index in [0.717, 1.165) is 75.8 Å². The van der Waals surface area contributed by atoms with Crippen LogP contribution in [0.3, 0.4) is 0 Å². The summed E-state index contributed by atoms with van der Waals surface area (Å²) in [5, 5.41) is 12.7. The number of hydrogen-bond acceptors (Lipinski definition) is 6. The molecule has 2 aromatic rings. The van der Waals surface area contributed by atoms with Crippen LogP contribution in [-0.4, -0.2) is 53.3 Å². The molecule has 1 aromatic heterocycles. The number of nitriles is 1. The van der Waals surface area contributed by atoms with E-state index in [1.165, 1.54) is 0 Å². The second kappa shape index (κ2) is 12.6. The van der Waals surface area contributed by atoms with Gasteiger partial charge in [-0.15, -0.1) is 0 Å². The van der Waals surface area contributed by atoms with Crippen molar-refractivity contribution in [3.8, 4) is 23.1 Å². The lowest BCUT2D eigenvalue weighted by Gasteiger charge is -2.32. The zero-order valence-electron chi connectivity index (χ0n) is 23.0. The molecule has 38 heavy (non-hydrogen) atoms. The molecule has 2 N–H and O–H groups in total. The Labute approximate surface area is 226 Å². The van der Waals surface area contributed by atoms with E-state index in [-0.39, 0.29) is 23.3 Å². The van der Waals surface area contributed by atoms with Crippen LogP contribution in [0.15, 0.2) is 24.4 Å². The van der Waals surface area contributed by atoms with Crippen LogP contribution < -0.4 is 10.1 Å². The number of ether oxygens (including phenoxy) is 1. The zero-order valence-corrected chi connectivity index (χ0v) is 23.0. The molecule has 2 heterocycles. The highest BCUT2D eigenvalue weighted by atomic mass is 16.5. The number of imidazole rings is 1. The Bertz CT molecular complexity index is 1160. The number of Topliss-reactive ketones (excluding diaryl/α,β-unsaturated/α-hetero) is 1. The Balaban J connectivity index is 1.46. The molecule has 2 fully saturated rings. The van der Waals surface area contributed by atoms with E-state index in [2.05, 4.69) is 33.2 Å². The van der Waals surface area contributed by atoms with Gasteiger partial charge < -0.3 is 19.9 Å². The Morgan fingerprint density at radius 1 is 1.26 bits per heavy atom. The largest absolute Gasteiger partial charge is 0.496 e. The molecule has 2 aliphatic rings. The zero-order chi connectivity index (χ0) is 27.1. The summed E-state index contributed by atoms with van der Waals surface area (Å²) in [6.07, 6.45) is 9.55. The van der Waals surface area contributed by atoms with Gasteiger partial charge >= 0.3 is 0 Å². The maximum absolute atomic E-state index is 13.4. The molecule has 8 nitrogen and oxygen atoms in total. The van der Waals surface area contributed by atoms with Crippen LogP contribution in [0.2, 0.25) is 0 Å². The van der Waals surface area contributed by atoms with E-state index < -0.39 is 0 Å². The Kier molecular flexibility index (Phi) is 9.22. The van der Waals surface area contributed by atoms with E-state index >= 15 is 0 Å². The molecule has 1 aliphatic carbocycles. The number of hydrogen-bond donors (Lipinski definition) is 2. The van der Waals surface area contributed by atoms with Gasteiger partial charge in [0.25, 0.3) is 0 Å². The van der Waals surface area contributed by atoms with Gasteiger partial charge in [0, 0.05) is 24.3 Å². The number of piperidine rings is 1. The van der Waals surface area contributed by atoms with Crippen molar-refractivity contribution in [3.05, 3.63) is 35.8 Å². The van der Waals surface area contributed by atoms with E-state index in [1.54, 1.807) is 31.5 Å². The lowest BCUT2D eigenvalue weighted by Crippen LogP contribution is -2.37. The average molecular weight is 520 g/mol. The van der Waals surface area contributed by atoms with Gasteiger partial charge in [-0.3, -0.25) is 9.59 Å². The number of nitrogens with zero attached hydrogens (tertiary/aromatic N) is 3. The number of H-pyrrole nitrogens is 1. The minimum atomic E-state index is -0.239. The first-order valence-corrected chi connectivity index (χ1v) is 14.1. The number of likely N-dealkylation sites (tertiary alicyclic amines) is 1. The van der Waals surface area contributed by atoms with Crippen LogP contribution in [0.1, 0.15) is 89.1 Å². The monoisotopic (exact) mass is 519 g/mol. The van der Waals surface area contributed by atoms with Crippen molar-refractivity contribution in [1.82, 2.24) is 20.2 Å². The number of aromatic nitrogens is 2.